The maximum absolute atomic E-state index is 13.3. The summed E-state index contributed by atoms with van der Waals surface area (Å²) in [6.07, 6.45) is 0.947. The Morgan fingerprint density at radius 3 is 2.83 bits per heavy atom. The molecule has 2 fully saturated rings. The van der Waals surface area contributed by atoms with Gasteiger partial charge in [-0.1, -0.05) is 0 Å². The number of hydrogen-bond acceptors (Lipinski definition) is 6. The van der Waals surface area contributed by atoms with Gasteiger partial charge in [0.1, 0.15) is 0 Å². The number of nitrogens with one attached hydrogen (secondary N) is 1. The number of fused-ring (bicyclic) bond motifs is 1. The Bertz CT molecular complexity index is 968. The van der Waals surface area contributed by atoms with Crippen LogP contribution in [0.15, 0.2) is 16.5 Å². The topological polar surface area (TPSA) is 101 Å². The number of amides is 2. The molecule has 2 aliphatic heterocycles. The maximum atomic E-state index is 13.3. The number of benzene rings is 1. The molecule has 29 heavy (non-hydrogen) atoms. The van der Waals surface area contributed by atoms with E-state index in [0.717, 1.165) is 11.8 Å². The van der Waals surface area contributed by atoms with Gasteiger partial charge in [-0.2, -0.15) is 0 Å². The third-order valence-corrected chi connectivity index (χ3v) is 6.25. The molecule has 1 spiro atoms. The van der Waals surface area contributed by atoms with E-state index in [1.807, 2.05) is 13.0 Å². The number of ether oxygens (including phenoxy) is 2. The number of carbonyl (C=O) groups is 2. The molecular formula is C21H26N2O6. The summed E-state index contributed by atoms with van der Waals surface area (Å²) in [6, 6.07) is 3.61. The highest BCUT2D eigenvalue weighted by molar-refractivity contribution is 6.01. The number of piperidine rings is 2. The van der Waals surface area contributed by atoms with Crippen LogP contribution < -0.4 is 14.8 Å². The van der Waals surface area contributed by atoms with Crippen molar-refractivity contribution in [1.82, 2.24) is 10.2 Å². The van der Waals surface area contributed by atoms with Crippen LogP contribution in [0.1, 0.15) is 35.4 Å². The molecule has 2 N–H and O–H groups in total. The molecule has 4 rings (SSSR count). The number of hydrogen-bond donors (Lipinski definition) is 2. The highest BCUT2D eigenvalue weighted by atomic mass is 16.5. The first kappa shape index (κ1) is 19.6. The Kier molecular flexibility index (Phi) is 4.90. The standard InChI is InChI=1S/C21H26N2O6/c1-12-13-5-6-14(27-2)18(28-3)17(13)29-16(12)19(25)23-10-7-15(24)21(11-23)8-4-9-22-20(21)26/h5-6,15,24H,4,7-11H2,1-3H3,(H,22,26)/t15-,21+/m0/s1. The Labute approximate surface area is 168 Å². The lowest BCUT2D eigenvalue weighted by atomic mass is 9.71. The van der Waals surface area contributed by atoms with E-state index in [1.54, 1.807) is 18.1 Å². The highest BCUT2D eigenvalue weighted by Crippen LogP contribution is 2.41. The van der Waals surface area contributed by atoms with Gasteiger partial charge in [0.15, 0.2) is 17.1 Å². The largest absolute Gasteiger partial charge is 0.493 e. The second-order valence-corrected chi connectivity index (χ2v) is 7.78. The molecule has 2 amide bonds. The van der Waals surface area contributed by atoms with Crippen LogP contribution in [0.25, 0.3) is 11.0 Å². The lowest BCUT2D eigenvalue weighted by molar-refractivity contribution is -0.147. The van der Waals surface area contributed by atoms with Crippen LogP contribution in [0.2, 0.25) is 0 Å². The van der Waals surface area contributed by atoms with Gasteiger partial charge in [0.25, 0.3) is 5.91 Å². The van der Waals surface area contributed by atoms with Gasteiger partial charge in [0.2, 0.25) is 11.7 Å². The van der Waals surface area contributed by atoms with Crippen molar-refractivity contribution in [2.75, 3.05) is 33.9 Å². The average Bonchev–Trinajstić information content (AvgIpc) is 3.07. The number of furan rings is 1. The van der Waals surface area contributed by atoms with Crippen LogP contribution in [-0.4, -0.2) is 61.8 Å². The molecule has 8 heteroatoms. The van der Waals surface area contributed by atoms with Crippen molar-refractivity contribution < 1.29 is 28.6 Å². The molecule has 2 atom stereocenters. The SMILES string of the molecule is COc1ccc2c(C)c(C(=O)N3CC[C@H](O)[C@@]4(CCCNC4=O)C3)oc2c1OC. The fourth-order valence-electron chi connectivity index (χ4n) is 4.56. The summed E-state index contributed by atoms with van der Waals surface area (Å²) in [4.78, 5) is 27.5. The van der Waals surface area contributed by atoms with E-state index < -0.39 is 11.5 Å². The predicted molar refractivity (Wildman–Crippen MR) is 105 cm³/mol. The Morgan fingerprint density at radius 2 is 2.14 bits per heavy atom. The number of carbonyl (C=O) groups excluding carboxylic acids is 2. The summed E-state index contributed by atoms with van der Waals surface area (Å²) in [5.41, 5.74) is 0.210. The van der Waals surface area contributed by atoms with Crippen molar-refractivity contribution in [2.24, 2.45) is 5.41 Å². The first-order chi connectivity index (χ1) is 13.9. The third-order valence-electron chi connectivity index (χ3n) is 6.25. The molecule has 0 bridgehead atoms. The second kappa shape index (κ2) is 7.26. The first-order valence-electron chi connectivity index (χ1n) is 9.82. The molecule has 2 aliphatic rings. The summed E-state index contributed by atoms with van der Waals surface area (Å²) in [5.74, 6) is 0.705. The number of aliphatic hydroxyl groups excluding tert-OH is 1. The number of aryl methyl sites for hydroxylation is 1. The van der Waals surface area contributed by atoms with E-state index in [9.17, 15) is 14.7 Å². The monoisotopic (exact) mass is 402 g/mol. The summed E-state index contributed by atoms with van der Waals surface area (Å²) in [7, 11) is 3.06. The Morgan fingerprint density at radius 1 is 1.34 bits per heavy atom. The molecule has 8 nitrogen and oxygen atoms in total. The average molecular weight is 402 g/mol. The normalized spacial score (nSPS) is 24.6. The van der Waals surface area contributed by atoms with Crippen LogP contribution in [-0.2, 0) is 4.79 Å². The molecule has 0 unspecified atom stereocenters. The molecule has 0 aliphatic carbocycles. The third kappa shape index (κ3) is 2.93. The molecule has 1 aromatic carbocycles. The van der Waals surface area contributed by atoms with E-state index in [0.29, 0.717) is 48.6 Å². The molecule has 1 aromatic heterocycles. The fraction of sp³-hybridized carbons (Fsp3) is 0.524. The van der Waals surface area contributed by atoms with Crippen molar-refractivity contribution in [3.05, 3.63) is 23.5 Å². The van der Waals surface area contributed by atoms with Gasteiger partial charge in [-0.05, 0) is 38.3 Å². The maximum Gasteiger partial charge on any atom is 0.289 e. The Hall–Kier alpha value is -2.74. The fourth-order valence-corrected chi connectivity index (χ4v) is 4.56. The van der Waals surface area contributed by atoms with Gasteiger partial charge in [-0.25, -0.2) is 0 Å². The minimum absolute atomic E-state index is 0.176. The zero-order valence-electron chi connectivity index (χ0n) is 16.9. The number of nitrogens with zero attached hydrogens (tertiary/aromatic N) is 1. The van der Waals surface area contributed by atoms with E-state index in [1.165, 1.54) is 7.11 Å². The number of aliphatic hydroxyl groups is 1. The van der Waals surface area contributed by atoms with Crippen LogP contribution in [0.5, 0.6) is 11.5 Å². The van der Waals surface area contributed by atoms with Gasteiger partial charge in [-0.15, -0.1) is 0 Å². The minimum Gasteiger partial charge on any atom is -0.493 e. The van der Waals surface area contributed by atoms with Crippen LogP contribution >= 0.6 is 0 Å². The summed E-state index contributed by atoms with van der Waals surface area (Å²) >= 11 is 0. The Balaban J connectivity index is 1.70. The van der Waals surface area contributed by atoms with Gasteiger partial charge in [0, 0.05) is 30.6 Å². The van der Waals surface area contributed by atoms with Crippen molar-refractivity contribution in [3.63, 3.8) is 0 Å². The van der Waals surface area contributed by atoms with E-state index in [-0.39, 0.29) is 24.1 Å². The van der Waals surface area contributed by atoms with Crippen LogP contribution in [0.3, 0.4) is 0 Å². The summed E-state index contributed by atoms with van der Waals surface area (Å²) in [5, 5.41) is 14.2. The highest BCUT2D eigenvalue weighted by Gasteiger charge is 2.51. The second-order valence-electron chi connectivity index (χ2n) is 7.78. The molecule has 156 valence electrons. The summed E-state index contributed by atoms with van der Waals surface area (Å²) < 4.78 is 16.7. The number of rotatable bonds is 3. The minimum atomic E-state index is -0.951. The zero-order chi connectivity index (χ0) is 20.8. The van der Waals surface area contributed by atoms with Gasteiger partial charge in [0.05, 0.1) is 25.7 Å². The van der Waals surface area contributed by atoms with Crippen molar-refractivity contribution in [1.29, 1.82) is 0 Å². The van der Waals surface area contributed by atoms with Crippen LogP contribution in [0, 0.1) is 12.3 Å². The molecule has 2 saturated heterocycles. The van der Waals surface area contributed by atoms with Crippen molar-refractivity contribution in [2.45, 2.75) is 32.3 Å². The molecule has 0 saturated carbocycles. The summed E-state index contributed by atoms with van der Waals surface area (Å²) in [6.45, 7) is 2.97. The molecular weight excluding hydrogens is 376 g/mol. The van der Waals surface area contributed by atoms with Crippen LogP contribution in [0.4, 0.5) is 0 Å². The van der Waals surface area contributed by atoms with E-state index in [2.05, 4.69) is 5.32 Å². The van der Waals surface area contributed by atoms with Gasteiger partial charge >= 0.3 is 0 Å². The van der Waals surface area contributed by atoms with Crippen molar-refractivity contribution >= 4 is 22.8 Å². The number of methoxy groups -OCH3 is 2. The van der Waals surface area contributed by atoms with Gasteiger partial charge < -0.3 is 29.2 Å². The van der Waals surface area contributed by atoms with E-state index in [4.69, 9.17) is 13.9 Å². The zero-order valence-corrected chi connectivity index (χ0v) is 16.9. The van der Waals surface area contributed by atoms with Crippen molar-refractivity contribution in [3.8, 4) is 11.5 Å². The molecule has 2 aromatic rings. The smallest absolute Gasteiger partial charge is 0.289 e. The lowest BCUT2D eigenvalue weighted by Gasteiger charge is -2.46. The van der Waals surface area contributed by atoms with E-state index >= 15 is 0 Å². The predicted octanol–water partition coefficient (Wildman–Crippen LogP) is 1.86. The molecule has 0 radical (unpaired) electrons. The lowest BCUT2D eigenvalue weighted by Crippen LogP contribution is -2.62. The number of likely N-dealkylation sites (tertiary alicyclic amines) is 1. The molecule has 3 heterocycles. The quantitative estimate of drug-likeness (QED) is 0.813. The first-order valence-corrected chi connectivity index (χ1v) is 9.82. The van der Waals surface area contributed by atoms with Gasteiger partial charge in [-0.3, -0.25) is 9.59 Å².